The van der Waals surface area contributed by atoms with Gasteiger partial charge in [-0.15, -0.1) is 0 Å². The minimum atomic E-state index is -1.27. The topological polar surface area (TPSA) is 89.9 Å². The molecule has 0 spiro atoms. The van der Waals surface area contributed by atoms with Crippen LogP contribution in [0, 0.1) is 13.8 Å². The fourth-order valence-electron chi connectivity index (χ4n) is 4.60. The molecule has 5 rings (SSSR count). The Hall–Kier alpha value is -3.78. The number of carbonyl (C=O) groups excluding carboxylic acids is 3. The largest absolute Gasteiger partial charge is 0.454 e. The van der Waals surface area contributed by atoms with E-state index in [1.165, 1.54) is 0 Å². The quantitative estimate of drug-likeness (QED) is 0.411. The third-order valence-electron chi connectivity index (χ3n) is 6.65. The van der Waals surface area contributed by atoms with Crippen molar-refractivity contribution in [3.63, 3.8) is 0 Å². The van der Waals surface area contributed by atoms with Gasteiger partial charge in [0.05, 0.1) is 6.54 Å². The summed E-state index contributed by atoms with van der Waals surface area (Å²) in [5, 5.41) is 3.25. The number of aryl methyl sites for hydroxylation is 1. The van der Waals surface area contributed by atoms with E-state index in [1.807, 2.05) is 36.6 Å². The number of carbonyl (C=O) groups is 3. The highest BCUT2D eigenvalue weighted by molar-refractivity contribution is 6.30. The number of rotatable bonds is 6. The van der Waals surface area contributed by atoms with Gasteiger partial charge in [-0.1, -0.05) is 29.8 Å². The van der Waals surface area contributed by atoms with Gasteiger partial charge in [-0.05, 0) is 62.2 Å². The number of urea groups is 1. The second-order valence-electron chi connectivity index (χ2n) is 8.94. The van der Waals surface area contributed by atoms with E-state index in [0.717, 1.165) is 21.9 Å². The summed E-state index contributed by atoms with van der Waals surface area (Å²) in [6, 6.07) is 13.6. The predicted molar refractivity (Wildman–Crippen MR) is 129 cm³/mol. The number of halogens is 1. The molecule has 1 saturated heterocycles. The molecule has 2 aliphatic rings. The van der Waals surface area contributed by atoms with Gasteiger partial charge in [0, 0.05) is 28.5 Å². The summed E-state index contributed by atoms with van der Waals surface area (Å²) < 4.78 is 12.9. The lowest BCUT2D eigenvalue weighted by Crippen LogP contribution is -2.41. The van der Waals surface area contributed by atoms with Crippen molar-refractivity contribution >= 4 is 29.3 Å². The lowest BCUT2D eigenvalue weighted by atomic mass is 9.92. The number of aromatic nitrogens is 1. The van der Waals surface area contributed by atoms with Crippen molar-refractivity contribution in [2.45, 2.75) is 32.9 Å². The predicted octanol–water partition coefficient (Wildman–Crippen LogP) is 4.19. The van der Waals surface area contributed by atoms with Gasteiger partial charge >= 0.3 is 6.03 Å². The van der Waals surface area contributed by atoms with E-state index in [1.54, 1.807) is 37.3 Å². The Morgan fingerprint density at radius 2 is 1.77 bits per heavy atom. The van der Waals surface area contributed by atoms with Crippen LogP contribution in [0.2, 0.25) is 5.02 Å². The monoisotopic (exact) mass is 493 g/mol. The Kier molecular flexibility index (Phi) is 5.56. The summed E-state index contributed by atoms with van der Waals surface area (Å²) in [7, 11) is 0. The van der Waals surface area contributed by atoms with E-state index in [0.29, 0.717) is 34.2 Å². The molecule has 0 aliphatic carbocycles. The number of benzene rings is 2. The summed E-state index contributed by atoms with van der Waals surface area (Å²) in [5.74, 6) is 0.625. The van der Waals surface area contributed by atoms with Crippen molar-refractivity contribution in [2.75, 3.05) is 13.3 Å². The highest BCUT2D eigenvalue weighted by Crippen LogP contribution is 2.33. The molecule has 35 heavy (non-hydrogen) atoms. The van der Waals surface area contributed by atoms with E-state index in [9.17, 15) is 14.4 Å². The van der Waals surface area contributed by atoms with Crippen molar-refractivity contribution in [1.82, 2.24) is 14.8 Å². The van der Waals surface area contributed by atoms with Crippen LogP contribution in [0.3, 0.4) is 0 Å². The first-order valence-electron chi connectivity index (χ1n) is 11.2. The van der Waals surface area contributed by atoms with Crippen LogP contribution in [0.5, 0.6) is 11.5 Å². The van der Waals surface area contributed by atoms with Crippen LogP contribution in [0.4, 0.5) is 4.79 Å². The Balaban J connectivity index is 1.35. The molecule has 3 heterocycles. The minimum Gasteiger partial charge on any atom is -0.454 e. The van der Waals surface area contributed by atoms with E-state index < -0.39 is 17.5 Å². The maximum atomic E-state index is 13.2. The van der Waals surface area contributed by atoms with Crippen molar-refractivity contribution in [3.05, 3.63) is 81.6 Å². The van der Waals surface area contributed by atoms with Gasteiger partial charge in [0.15, 0.2) is 17.3 Å². The molecule has 1 fully saturated rings. The highest BCUT2D eigenvalue weighted by Gasteiger charge is 2.49. The van der Waals surface area contributed by atoms with Gasteiger partial charge in [0.2, 0.25) is 6.79 Å². The zero-order valence-electron chi connectivity index (χ0n) is 19.6. The Bertz CT molecular complexity index is 1360. The molecule has 0 bridgehead atoms. The summed E-state index contributed by atoms with van der Waals surface area (Å²) in [5.41, 5.74) is 2.46. The first-order chi connectivity index (χ1) is 16.7. The number of Topliss-reactive ketones (excluding diaryl/α,β-unsaturated/α-hetero) is 1. The Labute approximate surface area is 207 Å². The van der Waals surface area contributed by atoms with Gasteiger partial charge in [-0.2, -0.15) is 0 Å². The number of imide groups is 1. The van der Waals surface area contributed by atoms with Gasteiger partial charge in [-0.25, -0.2) is 4.79 Å². The maximum Gasteiger partial charge on any atom is 0.325 e. The molecular formula is C26H24ClN3O5. The van der Waals surface area contributed by atoms with Crippen LogP contribution < -0.4 is 14.8 Å². The van der Waals surface area contributed by atoms with Crippen LogP contribution in [0.1, 0.15) is 39.8 Å². The first kappa shape index (κ1) is 23.0. The molecule has 3 amide bonds. The zero-order chi connectivity index (χ0) is 24.9. The van der Waals surface area contributed by atoms with Crippen LogP contribution in [0.15, 0.2) is 48.5 Å². The molecular weight excluding hydrogens is 470 g/mol. The van der Waals surface area contributed by atoms with E-state index in [2.05, 4.69) is 5.32 Å². The number of ketones is 1. The lowest BCUT2D eigenvalue weighted by Gasteiger charge is -2.22. The van der Waals surface area contributed by atoms with E-state index in [-0.39, 0.29) is 19.1 Å². The van der Waals surface area contributed by atoms with Gasteiger partial charge in [-0.3, -0.25) is 14.5 Å². The maximum absolute atomic E-state index is 13.2. The molecule has 180 valence electrons. The number of fused-ring (bicyclic) bond motifs is 1. The van der Waals surface area contributed by atoms with Crippen molar-refractivity contribution in [2.24, 2.45) is 0 Å². The number of nitrogens with zero attached hydrogens (tertiary/aromatic N) is 2. The van der Waals surface area contributed by atoms with Crippen LogP contribution in [0.25, 0.3) is 0 Å². The molecule has 0 radical (unpaired) electrons. The molecule has 0 saturated carbocycles. The number of hydrogen-bond donors (Lipinski definition) is 1. The fourth-order valence-corrected chi connectivity index (χ4v) is 4.72. The van der Waals surface area contributed by atoms with Gasteiger partial charge in [0.1, 0.15) is 5.54 Å². The van der Waals surface area contributed by atoms with Gasteiger partial charge < -0.3 is 19.4 Å². The zero-order valence-corrected chi connectivity index (χ0v) is 20.3. The molecule has 1 atom stereocenters. The molecule has 8 nitrogen and oxygen atoms in total. The smallest absolute Gasteiger partial charge is 0.325 e. The molecule has 1 N–H and O–H groups in total. The summed E-state index contributed by atoms with van der Waals surface area (Å²) >= 11 is 5.96. The first-order valence-corrected chi connectivity index (χ1v) is 11.5. The second-order valence-corrected chi connectivity index (χ2v) is 9.37. The summed E-state index contributed by atoms with van der Waals surface area (Å²) in [4.78, 5) is 40.1. The molecule has 0 unspecified atom stereocenters. The van der Waals surface area contributed by atoms with Gasteiger partial charge in [0.25, 0.3) is 5.91 Å². The van der Waals surface area contributed by atoms with Crippen LogP contribution >= 0.6 is 11.6 Å². The van der Waals surface area contributed by atoms with Crippen molar-refractivity contribution < 1.29 is 23.9 Å². The molecule has 3 aromatic rings. The lowest BCUT2D eigenvalue weighted by molar-refractivity contribution is -0.130. The standard InChI is InChI=1S/C26H24ClN3O5/c1-15-10-20(16(2)29(15)12-17-4-9-22-23(11-17)35-14-34-22)21(31)13-30-24(32)26(3,28-25(30)33)18-5-7-19(27)8-6-18/h4-11H,12-14H2,1-3H3,(H,28,33)/t26-/m1/s1. The van der Waals surface area contributed by atoms with E-state index >= 15 is 0 Å². The number of amides is 3. The van der Waals surface area contributed by atoms with Crippen LogP contribution in [-0.2, 0) is 16.9 Å². The number of ether oxygens (including phenoxy) is 2. The third-order valence-corrected chi connectivity index (χ3v) is 6.90. The average Bonchev–Trinajstić information content (AvgIpc) is 3.47. The Morgan fingerprint density at radius 1 is 1.06 bits per heavy atom. The fraction of sp³-hybridized carbons (Fsp3) is 0.269. The minimum absolute atomic E-state index is 0.207. The number of hydrogen-bond acceptors (Lipinski definition) is 5. The average molecular weight is 494 g/mol. The normalized spacial score (nSPS) is 18.8. The SMILES string of the molecule is Cc1cc(C(=O)CN2C(=O)N[C@](C)(c3ccc(Cl)cc3)C2=O)c(C)n1Cc1ccc2c(c1)OCO2. The molecule has 2 aromatic carbocycles. The molecule has 1 aromatic heterocycles. The molecule has 9 heteroatoms. The second kappa shape index (κ2) is 8.46. The summed E-state index contributed by atoms with van der Waals surface area (Å²) in [6.07, 6.45) is 0. The molecule has 2 aliphatic heterocycles. The number of nitrogens with one attached hydrogen (secondary N) is 1. The Morgan fingerprint density at radius 3 is 2.51 bits per heavy atom. The summed E-state index contributed by atoms with van der Waals surface area (Å²) in [6.45, 7) is 5.80. The van der Waals surface area contributed by atoms with E-state index in [4.69, 9.17) is 21.1 Å². The van der Waals surface area contributed by atoms with Crippen LogP contribution in [-0.4, -0.2) is 40.5 Å². The van der Waals surface area contributed by atoms with Crippen molar-refractivity contribution in [3.8, 4) is 11.5 Å². The van der Waals surface area contributed by atoms with Crippen molar-refractivity contribution in [1.29, 1.82) is 0 Å². The highest BCUT2D eigenvalue weighted by atomic mass is 35.5. The third kappa shape index (κ3) is 3.93.